The van der Waals surface area contributed by atoms with Gasteiger partial charge in [0.05, 0.1) is 5.69 Å². The molecule has 0 amide bonds. The van der Waals surface area contributed by atoms with Gasteiger partial charge < -0.3 is 4.74 Å². The van der Waals surface area contributed by atoms with Crippen LogP contribution in [-0.4, -0.2) is 11.0 Å². The van der Waals surface area contributed by atoms with Crippen molar-refractivity contribution in [2.45, 2.75) is 25.9 Å². The number of carbonyl (C=O) groups is 1. The molecule has 0 aromatic carbocycles. The minimum absolute atomic E-state index is 0.207. The SMILES string of the molecule is CC(=O)OC1CCc2ccc(Cl)nc21. The third kappa shape index (κ3) is 1.73. The van der Waals surface area contributed by atoms with E-state index in [1.165, 1.54) is 6.92 Å². The fourth-order valence-electron chi connectivity index (χ4n) is 1.71. The number of nitrogens with zero attached hydrogens (tertiary/aromatic N) is 1. The maximum atomic E-state index is 10.8. The van der Waals surface area contributed by atoms with Crippen LogP contribution in [0, 0.1) is 0 Å². The maximum Gasteiger partial charge on any atom is 0.303 e. The van der Waals surface area contributed by atoms with E-state index in [1.54, 1.807) is 6.07 Å². The molecule has 4 heteroatoms. The first-order chi connectivity index (χ1) is 6.66. The highest BCUT2D eigenvalue weighted by Crippen LogP contribution is 2.33. The molecule has 0 bridgehead atoms. The van der Waals surface area contributed by atoms with Gasteiger partial charge in [0.15, 0.2) is 0 Å². The van der Waals surface area contributed by atoms with Crippen LogP contribution in [0.15, 0.2) is 12.1 Å². The first-order valence-electron chi connectivity index (χ1n) is 4.49. The molecular formula is C10H10ClNO2. The molecule has 0 N–H and O–H groups in total. The van der Waals surface area contributed by atoms with Crippen molar-refractivity contribution in [3.05, 3.63) is 28.5 Å². The minimum atomic E-state index is -0.273. The monoisotopic (exact) mass is 211 g/mol. The van der Waals surface area contributed by atoms with Crippen molar-refractivity contribution in [1.82, 2.24) is 4.98 Å². The van der Waals surface area contributed by atoms with E-state index in [9.17, 15) is 4.79 Å². The van der Waals surface area contributed by atoms with Gasteiger partial charge in [0.2, 0.25) is 0 Å². The third-order valence-electron chi connectivity index (χ3n) is 2.27. The van der Waals surface area contributed by atoms with Crippen LogP contribution in [0.4, 0.5) is 0 Å². The Labute approximate surface area is 87.0 Å². The second-order valence-corrected chi connectivity index (χ2v) is 3.70. The van der Waals surface area contributed by atoms with Crippen molar-refractivity contribution < 1.29 is 9.53 Å². The Bertz CT molecular complexity index is 378. The van der Waals surface area contributed by atoms with Crippen molar-refractivity contribution >= 4 is 17.6 Å². The van der Waals surface area contributed by atoms with Crippen LogP contribution in [0.25, 0.3) is 0 Å². The molecule has 1 aliphatic carbocycles. The predicted octanol–water partition coefficient (Wildman–Crippen LogP) is 2.29. The Hall–Kier alpha value is -1.09. The highest BCUT2D eigenvalue weighted by atomic mass is 35.5. The van der Waals surface area contributed by atoms with Crippen molar-refractivity contribution in [1.29, 1.82) is 0 Å². The van der Waals surface area contributed by atoms with E-state index in [0.29, 0.717) is 5.15 Å². The molecule has 1 atom stereocenters. The highest BCUT2D eigenvalue weighted by Gasteiger charge is 2.26. The van der Waals surface area contributed by atoms with Crippen LogP contribution in [-0.2, 0) is 16.0 Å². The Kier molecular flexibility index (Phi) is 2.42. The molecule has 74 valence electrons. The fraction of sp³-hybridized carbons (Fsp3) is 0.400. The molecular weight excluding hydrogens is 202 g/mol. The van der Waals surface area contributed by atoms with Crippen LogP contribution in [0.2, 0.25) is 5.15 Å². The van der Waals surface area contributed by atoms with Gasteiger partial charge >= 0.3 is 5.97 Å². The van der Waals surface area contributed by atoms with E-state index >= 15 is 0 Å². The van der Waals surface area contributed by atoms with E-state index in [4.69, 9.17) is 16.3 Å². The number of aryl methyl sites for hydroxylation is 1. The minimum Gasteiger partial charge on any atom is -0.456 e. The smallest absolute Gasteiger partial charge is 0.303 e. The zero-order valence-electron chi connectivity index (χ0n) is 7.79. The number of ether oxygens (including phenoxy) is 1. The molecule has 1 aromatic rings. The molecule has 2 rings (SSSR count). The number of hydrogen-bond donors (Lipinski definition) is 0. The predicted molar refractivity (Wildman–Crippen MR) is 52.1 cm³/mol. The average molecular weight is 212 g/mol. The second-order valence-electron chi connectivity index (χ2n) is 3.32. The summed E-state index contributed by atoms with van der Waals surface area (Å²) in [6.07, 6.45) is 1.50. The van der Waals surface area contributed by atoms with Crippen molar-refractivity contribution in [3.63, 3.8) is 0 Å². The zero-order valence-corrected chi connectivity index (χ0v) is 8.54. The summed E-state index contributed by atoms with van der Waals surface area (Å²) in [5.41, 5.74) is 1.94. The van der Waals surface area contributed by atoms with Crippen molar-refractivity contribution in [3.8, 4) is 0 Å². The summed E-state index contributed by atoms with van der Waals surface area (Å²) in [6, 6.07) is 3.70. The number of hydrogen-bond acceptors (Lipinski definition) is 3. The number of halogens is 1. The van der Waals surface area contributed by atoms with Crippen LogP contribution >= 0.6 is 11.6 Å². The number of pyridine rings is 1. The summed E-state index contributed by atoms with van der Waals surface area (Å²) < 4.78 is 5.13. The highest BCUT2D eigenvalue weighted by molar-refractivity contribution is 6.29. The standard InChI is InChI=1S/C10H10ClNO2/c1-6(13)14-8-4-2-7-3-5-9(11)12-10(7)8/h3,5,8H,2,4H2,1H3. The number of carbonyl (C=O) groups excluding carboxylic acids is 1. The normalized spacial score (nSPS) is 19.1. The molecule has 1 heterocycles. The lowest BCUT2D eigenvalue weighted by Crippen LogP contribution is -2.06. The van der Waals surface area contributed by atoms with Gasteiger partial charge in [-0.25, -0.2) is 4.98 Å². The molecule has 1 aromatic heterocycles. The molecule has 0 spiro atoms. The van der Waals surface area contributed by atoms with Gasteiger partial charge in [-0.3, -0.25) is 4.79 Å². The molecule has 0 saturated heterocycles. The summed E-state index contributed by atoms with van der Waals surface area (Å²) in [7, 11) is 0. The van der Waals surface area contributed by atoms with Crippen LogP contribution in [0.3, 0.4) is 0 Å². The number of esters is 1. The second kappa shape index (κ2) is 3.58. The quantitative estimate of drug-likeness (QED) is 0.529. The molecule has 3 nitrogen and oxygen atoms in total. The fourth-order valence-corrected chi connectivity index (χ4v) is 1.86. The molecule has 0 aliphatic heterocycles. The summed E-state index contributed by atoms with van der Waals surface area (Å²) in [5.74, 6) is -0.273. The molecule has 14 heavy (non-hydrogen) atoms. The molecule has 1 unspecified atom stereocenters. The van der Waals surface area contributed by atoms with Gasteiger partial charge in [-0.1, -0.05) is 17.7 Å². The van der Waals surface area contributed by atoms with E-state index in [0.717, 1.165) is 24.1 Å². The van der Waals surface area contributed by atoms with Crippen molar-refractivity contribution in [2.75, 3.05) is 0 Å². The van der Waals surface area contributed by atoms with E-state index in [-0.39, 0.29) is 12.1 Å². The van der Waals surface area contributed by atoms with Gasteiger partial charge in [0.25, 0.3) is 0 Å². The van der Waals surface area contributed by atoms with Crippen LogP contribution < -0.4 is 0 Å². The largest absolute Gasteiger partial charge is 0.456 e. The number of rotatable bonds is 1. The number of aromatic nitrogens is 1. The summed E-state index contributed by atoms with van der Waals surface area (Å²) >= 11 is 5.77. The number of fused-ring (bicyclic) bond motifs is 1. The maximum absolute atomic E-state index is 10.8. The molecule has 1 aliphatic rings. The zero-order chi connectivity index (χ0) is 10.1. The van der Waals surface area contributed by atoms with Crippen LogP contribution in [0.5, 0.6) is 0 Å². The lowest BCUT2D eigenvalue weighted by Gasteiger charge is -2.10. The van der Waals surface area contributed by atoms with Crippen LogP contribution in [0.1, 0.15) is 30.7 Å². The van der Waals surface area contributed by atoms with Crippen molar-refractivity contribution in [2.24, 2.45) is 0 Å². The van der Waals surface area contributed by atoms with E-state index in [2.05, 4.69) is 4.98 Å². The summed E-state index contributed by atoms with van der Waals surface area (Å²) in [4.78, 5) is 15.0. The average Bonchev–Trinajstić information content (AvgIpc) is 2.47. The molecule has 0 saturated carbocycles. The lowest BCUT2D eigenvalue weighted by atomic mass is 10.2. The Balaban J connectivity index is 2.28. The first kappa shape index (κ1) is 9.46. The van der Waals surface area contributed by atoms with E-state index < -0.39 is 0 Å². The van der Waals surface area contributed by atoms with Gasteiger partial charge in [-0.2, -0.15) is 0 Å². The Morgan fingerprint density at radius 3 is 3.14 bits per heavy atom. The topological polar surface area (TPSA) is 39.2 Å². The summed E-state index contributed by atoms with van der Waals surface area (Å²) in [5, 5.41) is 0.447. The third-order valence-corrected chi connectivity index (χ3v) is 2.48. The van der Waals surface area contributed by atoms with Gasteiger partial charge in [-0.05, 0) is 24.5 Å². The lowest BCUT2D eigenvalue weighted by molar-refractivity contribution is -0.146. The van der Waals surface area contributed by atoms with Gasteiger partial charge in [-0.15, -0.1) is 0 Å². The molecule has 0 radical (unpaired) electrons. The van der Waals surface area contributed by atoms with Gasteiger partial charge in [0, 0.05) is 6.92 Å². The van der Waals surface area contributed by atoms with E-state index in [1.807, 2.05) is 6.07 Å². The first-order valence-corrected chi connectivity index (χ1v) is 4.87. The molecule has 0 fully saturated rings. The Morgan fingerprint density at radius 2 is 2.43 bits per heavy atom. The summed E-state index contributed by atoms with van der Waals surface area (Å²) in [6.45, 7) is 1.41. The Morgan fingerprint density at radius 1 is 1.64 bits per heavy atom. The van der Waals surface area contributed by atoms with Gasteiger partial charge in [0.1, 0.15) is 11.3 Å².